The zero-order chi connectivity index (χ0) is 13.1. The average Bonchev–Trinajstić information content (AvgIpc) is 2.39. The Balaban J connectivity index is 2.39. The molecule has 2 aromatic rings. The second-order valence-electron chi connectivity index (χ2n) is 5.33. The first-order valence-corrected chi connectivity index (χ1v) is 6.65. The molecule has 0 aliphatic heterocycles. The van der Waals surface area contributed by atoms with E-state index in [1.54, 1.807) is 0 Å². The highest BCUT2D eigenvalue weighted by Gasteiger charge is 2.20. The normalized spacial score (nSPS) is 14.9. The van der Waals surface area contributed by atoms with Gasteiger partial charge >= 0.3 is 0 Å². The monoisotopic (exact) mass is 242 g/mol. The Morgan fingerprint density at radius 3 is 2.56 bits per heavy atom. The van der Waals surface area contributed by atoms with Crippen LogP contribution >= 0.6 is 0 Å². The lowest BCUT2D eigenvalue weighted by atomic mass is 9.86. The number of nitrogens with zero attached hydrogens (tertiary/aromatic N) is 1. The van der Waals surface area contributed by atoms with Gasteiger partial charge in [0.05, 0.1) is 5.52 Å². The van der Waals surface area contributed by atoms with Gasteiger partial charge in [0.25, 0.3) is 0 Å². The van der Waals surface area contributed by atoms with Crippen LogP contribution in [-0.2, 0) is 0 Å². The van der Waals surface area contributed by atoms with Gasteiger partial charge in [-0.25, -0.2) is 0 Å². The molecule has 1 N–H and O–H groups in total. The molecular weight excluding hydrogens is 220 g/mol. The minimum atomic E-state index is 0.386. The maximum absolute atomic E-state index is 4.43. The maximum atomic E-state index is 4.43. The van der Waals surface area contributed by atoms with Crippen LogP contribution in [0, 0.1) is 11.8 Å². The topological polar surface area (TPSA) is 24.9 Å². The second-order valence-corrected chi connectivity index (χ2v) is 5.33. The number of fused-ring (bicyclic) bond motifs is 1. The summed E-state index contributed by atoms with van der Waals surface area (Å²) >= 11 is 0. The van der Waals surface area contributed by atoms with Gasteiger partial charge in [0.1, 0.15) is 0 Å². The molecule has 2 atom stereocenters. The molecule has 2 rings (SSSR count). The van der Waals surface area contributed by atoms with Crippen molar-refractivity contribution in [1.82, 2.24) is 10.3 Å². The summed E-state index contributed by atoms with van der Waals surface area (Å²) in [5.74, 6) is 1.25. The van der Waals surface area contributed by atoms with E-state index in [0.717, 1.165) is 5.52 Å². The lowest BCUT2D eigenvalue weighted by Crippen LogP contribution is -2.26. The number of hydrogen-bond donors (Lipinski definition) is 1. The van der Waals surface area contributed by atoms with Crippen LogP contribution in [-0.4, -0.2) is 12.0 Å². The minimum absolute atomic E-state index is 0.386. The smallest absolute Gasteiger partial charge is 0.0705 e. The van der Waals surface area contributed by atoms with Crippen molar-refractivity contribution in [3.8, 4) is 0 Å². The van der Waals surface area contributed by atoms with Crippen molar-refractivity contribution in [2.75, 3.05) is 7.05 Å². The molecule has 0 fully saturated rings. The largest absolute Gasteiger partial charge is 0.313 e. The molecule has 0 saturated carbocycles. The predicted octanol–water partition coefficient (Wildman–Crippen LogP) is 3.79. The van der Waals surface area contributed by atoms with E-state index in [1.807, 2.05) is 19.3 Å². The maximum Gasteiger partial charge on any atom is 0.0705 e. The Kier molecular flexibility index (Phi) is 3.97. The van der Waals surface area contributed by atoms with Crippen LogP contribution in [0.4, 0.5) is 0 Å². The molecule has 0 radical (unpaired) electrons. The summed E-state index contributed by atoms with van der Waals surface area (Å²) in [6.45, 7) is 6.84. The van der Waals surface area contributed by atoms with Gasteiger partial charge in [0.15, 0.2) is 0 Å². The molecule has 96 valence electrons. The molecule has 0 spiro atoms. The number of pyridine rings is 1. The summed E-state index contributed by atoms with van der Waals surface area (Å²) < 4.78 is 0. The van der Waals surface area contributed by atoms with E-state index in [0.29, 0.717) is 17.9 Å². The highest BCUT2D eigenvalue weighted by molar-refractivity contribution is 5.78. The summed E-state index contributed by atoms with van der Waals surface area (Å²) in [5, 5.41) is 4.64. The third kappa shape index (κ3) is 2.54. The molecular formula is C16H22N2. The summed E-state index contributed by atoms with van der Waals surface area (Å²) in [6.07, 6.45) is 1.85. The Morgan fingerprint density at radius 1 is 1.11 bits per heavy atom. The molecule has 1 aromatic heterocycles. The lowest BCUT2D eigenvalue weighted by molar-refractivity contribution is 0.317. The molecule has 0 bridgehead atoms. The summed E-state index contributed by atoms with van der Waals surface area (Å²) in [6, 6.07) is 11.0. The zero-order valence-corrected chi connectivity index (χ0v) is 11.6. The molecule has 2 nitrogen and oxygen atoms in total. The van der Waals surface area contributed by atoms with E-state index in [1.165, 1.54) is 10.9 Å². The summed E-state index contributed by atoms with van der Waals surface area (Å²) in [7, 11) is 2.03. The molecule has 0 aliphatic carbocycles. The predicted molar refractivity (Wildman–Crippen MR) is 77.5 cm³/mol. The van der Waals surface area contributed by atoms with Crippen molar-refractivity contribution in [2.45, 2.75) is 26.8 Å². The van der Waals surface area contributed by atoms with Crippen molar-refractivity contribution < 1.29 is 0 Å². The van der Waals surface area contributed by atoms with Crippen LogP contribution < -0.4 is 5.32 Å². The van der Waals surface area contributed by atoms with Gasteiger partial charge in [-0.15, -0.1) is 0 Å². The average molecular weight is 242 g/mol. The molecule has 2 heteroatoms. The van der Waals surface area contributed by atoms with Gasteiger partial charge in [0.2, 0.25) is 0 Å². The zero-order valence-electron chi connectivity index (χ0n) is 11.6. The number of benzene rings is 1. The van der Waals surface area contributed by atoms with Crippen molar-refractivity contribution >= 4 is 10.9 Å². The Bertz CT molecular complexity index is 519. The van der Waals surface area contributed by atoms with Gasteiger partial charge < -0.3 is 5.32 Å². The van der Waals surface area contributed by atoms with Crippen molar-refractivity contribution in [3.63, 3.8) is 0 Å². The molecule has 0 amide bonds. The third-order valence-corrected chi connectivity index (χ3v) is 3.88. The number of rotatable bonds is 4. The Hall–Kier alpha value is -1.41. The van der Waals surface area contributed by atoms with Crippen LogP contribution in [0.25, 0.3) is 10.9 Å². The Labute approximate surface area is 109 Å². The van der Waals surface area contributed by atoms with Crippen LogP contribution in [0.3, 0.4) is 0 Å². The summed E-state index contributed by atoms with van der Waals surface area (Å²) in [4.78, 5) is 4.43. The SMILES string of the molecule is CNC(c1ccc2cccnc2c1)C(C)C(C)C. The van der Waals surface area contributed by atoms with Crippen molar-refractivity contribution in [3.05, 3.63) is 42.1 Å². The lowest BCUT2D eigenvalue weighted by Gasteiger charge is -2.27. The first-order chi connectivity index (χ1) is 8.63. The first kappa shape index (κ1) is 13.0. The van der Waals surface area contributed by atoms with E-state index in [9.17, 15) is 0 Å². The van der Waals surface area contributed by atoms with Crippen LogP contribution in [0.5, 0.6) is 0 Å². The molecule has 0 saturated heterocycles. The van der Waals surface area contributed by atoms with Crippen LogP contribution in [0.1, 0.15) is 32.4 Å². The number of aromatic nitrogens is 1. The van der Waals surface area contributed by atoms with E-state index in [2.05, 4.69) is 55.3 Å². The second kappa shape index (κ2) is 5.49. The highest BCUT2D eigenvalue weighted by Crippen LogP contribution is 2.28. The molecule has 18 heavy (non-hydrogen) atoms. The van der Waals surface area contributed by atoms with E-state index < -0.39 is 0 Å². The quantitative estimate of drug-likeness (QED) is 0.882. The van der Waals surface area contributed by atoms with Gasteiger partial charge in [-0.1, -0.05) is 39.0 Å². The fourth-order valence-electron chi connectivity index (χ4n) is 2.39. The van der Waals surface area contributed by atoms with Crippen LogP contribution in [0.15, 0.2) is 36.5 Å². The van der Waals surface area contributed by atoms with E-state index in [-0.39, 0.29) is 0 Å². The van der Waals surface area contributed by atoms with Crippen molar-refractivity contribution in [2.24, 2.45) is 11.8 Å². The first-order valence-electron chi connectivity index (χ1n) is 6.65. The van der Waals surface area contributed by atoms with E-state index in [4.69, 9.17) is 0 Å². The fraction of sp³-hybridized carbons (Fsp3) is 0.438. The van der Waals surface area contributed by atoms with Crippen molar-refractivity contribution in [1.29, 1.82) is 0 Å². The number of hydrogen-bond acceptors (Lipinski definition) is 2. The van der Waals surface area contributed by atoms with Gasteiger partial charge in [-0.2, -0.15) is 0 Å². The Morgan fingerprint density at radius 2 is 1.89 bits per heavy atom. The molecule has 1 heterocycles. The standard InChI is InChI=1S/C16H22N2/c1-11(2)12(3)16(17-4)14-8-7-13-6-5-9-18-15(13)10-14/h5-12,16-17H,1-4H3. The van der Waals surface area contributed by atoms with Gasteiger partial charge in [0, 0.05) is 17.6 Å². The van der Waals surface area contributed by atoms with Gasteiger partial charge in [-0.3, -0.25) is 4.98 Å². The van der Waals surface area contributed by atoms with E-state index >= 15 is 0 Å². The third-order valence-electron chi connectivity index (χ3n) is 3.88. The molecule has 1 aromatic carbocycles. The highest BCUT2D eigenvalue weighted by atomic mass is 14.9. The number of nitrogens with one attached hydrogen (secondary N) is 1. The fourth-order valence-corrected chi connectivity index (χ4v) is 2.39. The minimum Gasteiger partial charge on any atom is -0.313 e. The van der Waals surface area contributed by atoms with Gasteiger partial charge in [-0.05, 0) is 36.6 Å². The molecule has 0 aliphatic rings. The molecule has 2 unspecified atom stereocenters. The van der Waals surface area contributed by atoms with Crippen LogP contribution in [0.2, 0.25) is 0 Å². The summed E-state index contributed by atoms with van der Waals surface area (Å²) in [5.41, 5.74) is 2.40.